The van der Waals surface area contributed by atoms with E-state index in [2.05, 4.69) is 23.1 Å². The van der Waals surface area contributed by atoms with Gasteiger partial charge < -0.3 is 5.11 Å². The molecule has 2 nitrogen and oxygen atoms in total. The first-order valence-electron chi connectivity index (χ1n) is 8.71. The zero-order chi connectivity index (χ0) is 14.0. The van der Waals surface area contributed by atoms with Gasteiger partial charge >= 0.3 is 0 Å². The Labute approximate surface area is 127 Å². The second-order valence-electron chi connectivity index (χ2n) is 8.26. The summed E-state index contributed by atoms with van der Waals surface area (Å²) in [5, 5.41) is 9.35. The van der Waals surface area contributed by atoms with E-state index in [-0.39, 0.29) is 6.61 Å². The molecule has 0 unspecified atom stereocenters. The largest absolute Gasteiger partial charge is 0.392 e. The number of aliphatic hydroxyl groups is 1. The number of hydrogen-bond donors (Lipinski definition) is 1. The molecular weight excluding hydrogens is 258 g/mol. The molecule has 4 saturated carbocycles. The van der Waals surface area contributed by atoms with Crippen LogP contribution in [-0.4, -0.2) is 15.5 Å². The first kappa shape index (κ1) is 12.7. The van der Waals surface area contributed by atoms with E-state index in [9.17, 15) is 5.11 Å². The molecule has 4 fully saturated rings. The van der Waals surface area contributed by atoms with Gasteiger partial charge in [0.15, 0.2) is 0 Å². The molecule has 4 bridgehead atoms. The lowest BCUT2D eigenvalue weighted by molar-refractivity contribution is -0.0915. The molecule has 112 valence electrons. The lowest BCUT2D eigenvalue weighted by atomic mass is 9.52. The molecule has 5 aliphatic rings. The smallest absolute Gasteiger partial charge is 0.0681 e. The van der Waals surface area contributed by atoms with Gasteiger partial charge in [-0.05, 0) is 73.0 Å². The monoisotopic (exact) mass is 283 g/mol. The van der Waals surface area contributed by atoms with Crippen molar-refractivity contribution in [3.05, 3.63) is 34.9 Å². The Bertz CT molecular complexity index is 544. The van der Waals surface area contributed by atoms with E-state index in [1.165, 1.54) is 49.7 Å². The normalized spacial score (nSPS) is 40.7. The maximum atomic E-state index is 9.35. The van der Waals surface area contributed by atoms with Gasteiger partial charge in [-0.15, -0.1) is 0 Å². The summed E-state index contributed by atoms with van der Waals surface area (Å²) in [5.74, 6) is 3.06. The highest BCUT2D eigenvalue weighted by Gasteiger charge is 2.54. The second kappa shape index (κ2) is 4.33. The summed E-state index contributed by atoms with van der Waals surface area (Å²) in [7, 11) is 0. The van der Waals surface area contributed by atoms with Crippen LogP contribution in [0.2, 0.25) is 0 Å². The number of benzene rings is 1. The molecule has 6 rings (SSSR count). The minimum Gasteiger partial charge on any atom is -0.392 e. The van der Waals surface area contributed by atoms with Gasteiger partial charge in [0, 0.05) is 18.6 Å². The minimum absolute atomic E-state index is 0.171. The van der Waals surface area contributed by atoms with E-state index in [0.29, 0.717) is 5.54 Å². The highest BCUT2D eigenvalue weighted by molar-refractivity contribution is 5.35. The van der Waals surface area contributed by atoms with Crippen LogP contribution >= 0.6 is 0 Å². The van der Waals surface area contributed by atoms with Crippen molar-refractivity contribution in [2.75, 3.05) is 0 Å². The summed E-state index contributed by atoms with van der Waals surface area (Å²) in [6.07, 6.45) is 8.94. The molecule has 0 amide bonds. The molecule has 21 heavy (non-hydrogen) atoms. The van der Waals surface area contributed by atoms with Crippen molar-refractivity contribution in [1.29, 1.82) is 0 Å². The Morgan fingerprint density at radius 3 is 2.19 bits per heavy atom. The van der Waals surface area contributed by atoms with Crippen LogP contribution < -0.4 is 0 Å². The molecular formula is C19H25NO. The summed E-state index contributed by atoms with van der Waals surface area (Å²) < 4.78 is 0. The minimum atomic E-state index is 0.171. The van der Waals surface area contributed by atoms with Gasteiger partial charge in [0.1, 0.15) is 0 Å². The summed E-state index contributed by atoms with van der Waals surface area (Å²) in [5.41, 5.74) is 4.56. The second-order valence-corrected chi connectivity index (χ2v) is 8.26. The van der Waals surface area contributed by atoms with Crippen molar-refractivity contribution in [2.24, 2.45) is 17.8 Å². The molecule has 1 aromatic carbocycles. The SMILES string of the molecule is OCc1ccc2c(c1)CN(C13CC4CC(CC(C4)C1)C3)C2. The van der Waals surface area contributed by atoms with Gasteiger partial charge in [0.2, 0.25) is 0 Å². The predicted molar refractivity (Wildman–Crippen MR) is 82.5 cm³/mol. The van der Waals surface area contributed by atoms with Crippen LogP contribution in [0.4, 0.5) is 0 Å². The van der Waals surface area contributed by atoms with Crippen LogP contribution in [0.3, 0.4) is 0 Å². The average Bonchev–Trinajstić information content (AvgIpc) is 2.89. The van der Waals surface area contributed by atoms with Gasteiger partial charge in [-0.1, -0.05) is 18.2 Å². The van der Waals surface area contributed by atoms with Crippen LogP contribution in [0, 0.1) is 17.8 Å². The van der Waals surface area contributed by atoms with Gasteiger partial charge in [0.25, 0.3) is 0 Å². The number of aliphatic hydroxyl groups excluding tert-OH is 1. The fourth-order valence-corrected chi connectivity index (χ4v) is 6.33. The molecule has 0 saturated heterocycles. The van der Waals surface area contributed by atoms with Crippen LogP contribution in [0.1, 0.15) is 55.2 Å². The van der Waals surface area contributed by atoms with Crippen molar-refractivity contribution >= 4 is 0 Å². The summed E-state index contributed by atoms with van der Waals surface area (Å²) in [6, 6.07) is 6.58. The Hall–Kier alpha value is -0.860. The summed E-state index contributed by atoms with van der Waals surface area (Å²) in [4.78, 5) is 2.81. The summed E-state index contributed by atoms with van der Waals surface area (Å²) >= 11 is 0. The van der Waals surface area contributed by atoms with Crippen molar-refractivity contribution in [1.82, 2.24) is 4.90 Å². The number of rotatable bonds is 2. The molecule has 4 aliphatic carbocycles. The van der Waals surface area contributed by atoms with Crippen molar-refractivity contribution < 1.29 is 5.11 Å². The lowest BCUT2D eigenvalue weighted by Crippen LogP contribution is -2.58. The van der Waals surface area contributed by atoms with Crippen LogP contribution in [0.5, 0.6) is 0 Å². The fraction of sp³-hybridized carbons (Fsp3) is 0.684. The highest BCUT2D eigenvalue weighted by Crippen LogP contribution is 2.58. The van der Waals surface area contributed by atoms with Crippen molar-refractivity contribution in [3.8, 4) is 0 Å². The Kier molecular flexibility index (Phi) is 2.61. The van der Waals surface area contributed by atoms with Crippen molar-refractivity contribution in [3.63, 3.8) is 0 Å². The van der Waals surface area contributed by atoms with Crippen LogP contribution in [0.15, 0.2) is 18.2 Å². The third kappa shape index (κ3) is 1.85. The van der Waals surface area contributed by atoms with E-state index in [1.54, 1.807) is 0 Å². The van der Waals surface area contributed by atoms with E-state index >= 15 is 0 Å². The average molecular weight is 283 g/mol. The maximum Gasteiger partial charge on any atom is 0.0681 e. The molecule has 1 N–H and O–H groups in total. The van der Waals surface area contributed by atoms with Gasteiger partial charge in [-0.2, -0.15) is 0 Å². The molecule has 0 atom stereocenters. The third-order valence-corrected chi connectivity index (χ3v) is 6.85. The van der Waals surface area contributed by atoms with E-state index in [0.717, 1.165) is 36.4 Å². The quantitative estimate of drug-likeness (QED) is 0.898. The van der Waals surface area contributed by atoms with Crippen molar-refractivity contribution in [2.45, 2.75) is 63.8 Å². The number of fused-ring (bicyclic) bond motifs is 1. The van der Waals surface area contributed by atoms with Gasteiger partial charge in [-0.25, -0.2) is 0 Å². The first-order chi connectivity index (χ1) is 10.2. The predicted octanol–water partition coefficient (Wildman–Crippen LogP) is 3.46. The van der Waals surface area contributed by atoms with Crippen LogP contribution in [0.25, 0.3) is 0 Å². The molecule has 2 heteroatoms. The van der Waals surface area contributed by atoms with E-state index < -0.39 is 0 Å². The van der Waals surface area contributed by atoms with E-state index in [1.807, 2.05) is 0 Å². The zero-order valence-electron chi connectivity index (χ0n) is 12.7. The molecule has 0 aromatic heterocycles. The fourth-order valence-electron chi connectivity index (χ4n) is 6.33. The maximum absolute atomic E-state index is 9.35. The Morgan fingerprint density at radius 2 is 1.57 bits per heavy atom. The van der Waals surface area contributed by atoms with Crippen LogP contribution in [-0.2, 0) is 19.7 Å². The molecule has 1 aliphatic heterocycles. The topological polar surface area (TPSA) is 23.5 Å². The van der Waals surface area contributed by atoms with Gasteiger partial charge in [-0.3, -0.25) is 4.90 Å². The standard InChI is InChI=1S/C19H25NO/c21-12-13-1-2-17-10-20(11-18(17)6-13)19-7-14-3-15(8-19)5-16(4-14)9-19/h1-2,6,14-16,21H,3-5,7-12H2. The van der Waals surface area contributed by atoms with E-state index in [4.69, 9.17) is 0 Å². The molecule has 1 heterocycles. The summed E-state index contributed by atoms with van der Waals surface area (Å²) in [6.45, 7) is 2.44. The zero-order valence-corrected chi connectivity index (χ0v) is 12.7. The third-order valence-electron chi connectivity index (χ3n) is 6.85. The number of hydrogen-bond acceptors (Lipinski definition) is 2. The lowest BCUT2D eigenvalue weighted by Gasteiger charge is -2.60. The molecule has 0 spiro atoms. The number of nitrogens with zero attached hydrogens (tertiary/aromatic N) is 1. The van der Waals surface area contributed by atoms with Gasteiger partial charge in [0.05, 0.1) is 6.61 Å². The Balaban J connectivity index is 1.45. The molecule has 0 radical (unpaired) electrons. The Morgan fingerprint density at radius 1 is 0.952 bits per heavy atom. The first-order valence-corrected chi connectivity index (χ1v) is 8.71. The molecule has 1 aromatic rings. The highest BCUT2D eigenvalue weighted by atomic mass is 16.3.